The first-order chi connectivity index (χ1) is 11.2. The number of rotatable bonds is 5. The van der Waals surface area contributed by atoms with E-state index >= 15 is 0 Å². The van der Waals surface area contributed by atoms with Crippen molar-refractivity contribution in [2.24, 2.45) is 0 Å². The summed E-state index contributed by atoms with van der Waals surface area (Å²) in [4.78, 5) is 2.49. The van der Waals surface area contributed by atoms with Gasteiger partial charge in [-0.3, -0.25) is 4.90 Å². The highest BCUT2D eigenvalue weighted by Gasteiger charge is 2.27. The SMILES string of the molecule is COc1ccc(C2CCCN2Cc2ccccc2Cl)cc1OC. The van der Waals surface area contributed by atoms with Crippen LogP contribution in [0.15, 0.2) is 42.5 Å². The molecule has 3 nitrogen and oxygen atoms in total. The van der Waals surface area contributed by atoms with Crippen molar-refractivity contribution < 1.29 is 9.47 Å². The van der Waals surface area contributed by atoms with E-state index in [-0.39, 0.29) is 0 Å². The molecular formula is C19H22ClNO2. The maximum absolute atomic E-state index is 6.32. The Morgan fingerprint density at radius 1 is 1.09 bits per heavy atom. The largest absolute Gasteiger partial charge is 0.493 e. The highest BCUT2D eigenvalue weighted by atomic mass is 35.5. The molecule has 3 rings (SSSR count). The van der Waals surface area contributed by atoms with E-state index in [1.165, 1.54) is 17.5 Å². The van der Waals surface area contributed by atoms with Crippen molar-refractivity contribution in [1.29, 1.82) is 0 Å². The second-order valence-corrected chi connectivity index (χ2v) is 6.24. The van der Waals surface area contributed by atoms with E-state index in [4.69, 9.17) is 21.1 Å². The number of benzene rings is 2. The molecule has 1 aliphatic rings. The standard InChI is InChI=1S/C19H22ClNO2/c1-22-18-10-9-14(12-19(18)23-2)17-8-5-11-21(17)13-15-6-3-4-7-16(15)20/h3-4,6-7,9-10,12,17H,5,8,11,13H2,1-2H3. The second kappa shape index (κ2) is 7.24. The summed E-state index contributed by atoms with van der Waals surface area (Å²) in [7, 11) is 3.34. The van der Waals surface area contributed by atoms with Gasteiger partial charge in [0.25, 0.3) is 0 Å². The summed E-state index contributed by atoms with van der Waals surface area (Å²) in [5, 5.41) is 0.838. The highest BCUT2D eigenvalue weighted by molar-refractivity contribution is 6.31. The predicted octanol–water partition coefficient (Wildman–Crippen LogP) is 4.69. The van der Waals surface area contributed by atoms with E-state index in [1.54, 1.807) is 14.2 Å². The zero-order valence-corrected chi connectivity index (χ0v) is 14.3. The maximum Gasteiger partial charge on any atom is 0.161 e. The molecule has 1 aliphatic heterocycles. The number of ether oxygens (including phenoxy) is 2. The molecule has 1 unspecified atom stereocenters. The molecule has 4 heteroatoms. The van der Waals surface area contributed by atoms with E-state index in [9.17, 15) is 0 Å². The summed E-state index contributed by atoms with van der Waals surface area (Å²) >= 11 is 6.32. The predicted molar refractivity (Wildman–Crippen MR) is 93.4 cm³/mol. The van der Waals surface area contributed by atoms with Gasteiger partial charge < -0.3 is 9.47 Å². The summed E-state index contributed by atoms with van der Waals surface area (Å²) in [5.74, 6) is 1.56. The number of hydrogen-bond acceptors (Lipinski definition) is 3. The molecule has 0 N–H and O–H groups in total. The average molecular weight is 332 g/mol. The van der Waals surface area contributed by atoms with Gasteiger partial charge in [0.1, 0.15) is 0 Å². The molecule has 1 saturated heterocycles. The normalized spacial score (nSPS) is 18.1. The summed E-state index contributed by atoms with van der Waals surface area (Å²) < 4.78 is 10.8. The maximum atomic E-state index is 6.32. The Morgan fingerprint density at radius 3 is 2.61 bits per heavy atom. The first-order valence-electron chi connectivity index (χ1n) is 7.92. The van der Waals surface area contributed by atoms with Crippen molar-refractivity contribution in [3.8, 4) is 11.5 Å². The molecule has 0 aliphatic carbocycles. The molecule has 23 heavy (non-hydrogen) atoms. The fourth-order valence-corrected chi connectivity index (χ4v) is 3.49. The Morgan fingerprint density at radius 2 is 1.87 bits per heavy atom. The van der Waals surface area contributed by atoms with Crippen LogP contribution in [0.1, 0.15) is 30.0 Å². The average Bonchev–Trinajstić information content (AvgIpc) is 3.04. The van der Waals surface area contributed by atoms with Gasteiger partial charge in [-0.05, 0) is 48.7 Å². The van der Waals surface area contributed by atoms with E-state index < -0.39 is 0 Å². The molecule has 122 valence electrons. The van der Waals surface area contributed by atoms with E-state index in [2.05, 4.69) is 23.1 Å². The van der Waals surface area contributed by atoms with Crippen LogP contribution in [0.2, 0.25) is 5.02 Å². The molecule has 2 aromatic carbocycles. The lowest BCUT2D eigenvalue weighted by molar-refractivity contribution is 0.247. The smallest absolute Gasteiger partial charge is 0.161 e. The first-order valence-corrected chi connectivity index (χ1v) is 8.30. The minimum atomic E-state index is 0.395. The molecule has 0 saturated carbocycles. The van der Waals surface area contributed by atoms with Crippen molar-refractivity contribution >= 4 is 11.6 Å². The van der Waals surface area contributed by atoms with Gasteiger partial charge in [0.2, 0.25) is 0 Å². The zero-order valence-electron chi connectivity index (χ0n) is 13.6. The number of methoxy groups -OCH3 is 2. The minimum Gasteiger partial charge on any atom is -0.493 e. The molecular weight excluding hydrogens is 310 g/mol. The van der Waals surface area contributed by atoms with Crippen molar-refractivity contribution in [3.05, 3.63) is 58.6 Å². The number of likely N-dealkylation sites (tertiary alicyclic amines) is 1. The monoisotopic (exact) mass is 331 g/mol. The third kappa shape index (κ3) is 3.46. The van der Waals surface area contributed by atoms with Gasteiger partial charge in [-0.15, -0.1) is 0 Å². The van der Waals surface area contributed by atoms with Gasteiger partial charge in [0.05, 0.1) is 14.2 Å². The Kier molecular flexibility index (Phi) is 5.09. The van der Waals surface area contributed by atoms with Crippen LogP contribution in [0, 0.1) is 0 Å². The molecule has 0 amide bonds. The highest BCUT2D eigenvalue weighted by Crippen LogP contribution is 2.38. The summed E-state index contributed by atoms with van der Waals surface area (Å²) in [6, 6.07) is 14.7. The van der Waals surface area contributed by atoms with Gasteiger partial charge in [-0.2, -0.15) is 0 Å². The molecule has 1 atom stereocenters. The van der Waals surface area contributed by atoms with E-state index in [1.807, 2.05) is 24.3 Å². The Bertz CT molecular complexity index is 674. The molecule has 0 radical (unpaired) electrons. The molecule has 0 bridgehead atoms. The van der Waals surface area contributed by atoms with Crippen LogP contribution in [0.3, 0.4) is 0 Å². The Labute approximate surface area is 142 Å². The van der Waals surface area contributed by atoms with Crippen LogP contribution in [-0.2, 0) is 6.54 Å². The minimum absolute atomic E-state index is 0.395. The lowest BCUT2D eigenvalue weighted by Gasteiger charge is -2.26. The van der Waals surface area contributed by atoms with Crippen LogP contribution in [0.5, 0.6) is 11.5 Å². The lowest BCUT2D eigenvalue weighted by atomic mass is 10.0. The Balaban J connectivity index is 1.83. The second-order valence-electron chi connectivity index (χ2n) is 5.83. The van der Waals surface area contributed by atoms with Gasteiger partial charge in [0, 0.05) is 17.6 Å². The van der Waals surface area contributed by atoms with E-state index in [0.29, 0.717) is 6.04 Å². The number of hydrogen-bond donors (Lipinski definition) is 0. The lowest BCUT2D eigenvalue weighted by Crippen LogP contribution is -2.23. The van der Waals surface area contributed by atoms with Crippen LogP contribution in [0.25, 0.3) is 0 Å². The van der Waals surface area contributed by atoms with Crippen molar-refractivity contribution in [2.45, 2.75) is 25.4 Å². The summed E-state index contributed by atoms with van der Waals surface area (Å²) in [6.45, 7) is 1.96. The molecule has 1 heterocycles. The van der Waals surface area contributed by atoms with Crippen molar-refractivity contribution in [1.82, 2.24) is 4.90 Å². The number of halogens is 1. The van der Waals surface area contributed by atoms with Crippen LogP contribution >= 0.6 is 11.6 Å². The Hall–Kier alpha value is -1.71. The van der Waals surface area contributed by atoms with Crippen LogP contribution < -0.4 is 9.47 Å². The fraction of sp³-hybridized carbons (Fsp3) is 0.368. The van der Waals surface area contributed by atoms with E-state index in [0.717, 1.165) is 36.0 Å². The molecule has 2 aromatic rings. The summed E-state index contributed by atoms with van der Waals surface area (Å²) in [6.07, 6.45) is 2.35. The molecule has 1 fully saturated rings. The van der Waals surface area contributed by atoms with Gasteiger partial charge in [-0.1, -0.05) is 35.9 Å². The first kappa shape index (κ1) is 16.2. The van der Waals surface area contributed by atoms with Gasteiger partial charge in [0.15, 0.2) is 11.5 Å². The van der Waals surface area contributed by atoms with Crippen molar-refractivity contribution in [3.63, 3.8) is 0 Å². The van der Waals surface area contributed by atoms with Gasteiger partial charge >= 0.3 is 0 Å². The van der Waals surface area contributed by atoms with Gasteiger partial charge in [-0.25, -0.2) is 0 Å². The molecule has 0 spiro atoms. The number of nitrogens with zero attached hydrogens (tertiary/aromatic N) is 1. The molecule has 0 aromatic heterocycles. The quantitative estimate of drug-likeness (QED) is 0.793. The zero-order chi connectivity index (χ0) is 16.2. The van der Waals surface area contributed by atoms with Crippen molar-refractivity contribution in [2.75, 3.05) is 20.8 Å². The van der Waals surface area contributed by atoms with Crippen LogP contribution in [-0.4, -0.2) is 25.7 Å². The summed E-state index contributed by atoms with van der Waals surface area (Å²) in [5.41, 5.74) is 2.45. The fourth-order valence-electron chi connectivity index (χ4n) is 3.30. The van der Waals surface area contributed by atoms with Crippen LogP contribution in [0.4, 0.5) is 0 Å². The third-order valence-corrected chi connectivity index (χ3v) is 4.86. The topological polar surface area (TPSA) is 21.7 Å². The third-order valence-electron chi connectivity index (χ3n) is 4.49.